The van der Waals surface area contributed by atoms with Crippen molar-refractivity contribution in [2.45, 2.75) is 38.3 Å². The lowest BCUT2D eigenvalue weighted by Crippen LogP contribution is -2.49. The second-order valence-corrected chi connectivity index (χ2v) is 5.27. The van der Waals surface area contributed by atoms with Crippen molar-refractivity contribution in [3.8, 4) is 0 Å². The van der Waals surface area contributed by atoms with E-state index in [1.807, 2.05) is 0 Å². The number of nitrogens with zero attached hydrogens (tertiary/aromatic N) is 1. The molecule has 0 aliphatic heterocycles. The highest BCUT2D eigenvalue weighted by Gasteiger charge is 2.32. The average molecular weight is 280 g/mol. The summed E-state index contributed by atoms with van der Waals surface area (Å²) in [5.41, 5.74) is 0.904. The van der Waals surface area contributed by atoms with E-state index in [9.17, 15) is 14.7 Å². The Kier molecular flexibility index (Phi) is 4.65. The number of carbonyl (C=O) groups is 2. The van der Waals surface area contributed by atoms with Crippen molar-refractivity contribution in [3.05, 3.63) is 24.2 Å². The van der Waals surface area contributed by atoms with Gasteiger partial charge in [-0.05, 0) is 18.9 Å². The van der Waals surface area contributed by atoms with E-state index in [0.29, 0.717) is 13.0 Å². The van der Waals surface area contributed by atoms with Crippen molar-refractivity contribution in [1.29, 1.82) is 0 Å². The van der Waals surface area contributed by atoms with Gasteiger partial charge >= 0.3 is 12.0 Å². The van der Waals surface area contributed by atoms with E-state index < -0.39 is 11.9 Å². The van der Waals surface area contributed by atoms with E-state index in [4.69, 9.17) is 4.42 Å². The average Bonchev–Trinajstić information content (AvgIpc) is 2.91. The number of hydrogen-bond donors (Lipinski definition) is 2. The van der Waals surface area contributed by atoms with Gasteiger partial charge < -0.3 is 19.7 Å². The number of rotatable bonds is 4. The van der Waals surface area contributed by atoms with E-state index in [1.54, 1.807) is 25.6 Å². The van der Waals surface area contributed by atoms with Crippen LogP contribution in [0.4, 0.5) is 4.79 Å². The molecule has 2 atom stereocenters. The van der Waals surface area contributed by atoms with Crippen molar-refractivity contribution < 1.29 is 19.1 Å². The molecule has 2 amide bonds. The third-order valence-corrected chi connectivity index (χ3v) is 3.74. The standard InChI is InChI=1S/C14H20N2O4/c1-16(8-10-6-7-20-9-10)14(19)15-12-5-3-2-4-11(12)13(17)18/h6-7,9,11-12H,2-5,8H2,1H3,(H,15,19)(H,17,18). The van der Waals surface area contributed by atoms with Gasteiger partial charge in [-0.25, -0.2) is 4.79 Å². The summed E-state index contributed by atoms with van der Waals surface area (Å²) in [5.74, 6) is -1.30. The van der Waals surface area contributed by atoms with Gasteiger partial charge in [0.2, 0.25) is 0 Å². The molecule has 0 radical (unpaired) electrons. The molecule has 2 N–H and O–H groups in total. The van der Waals surface area contributed by atoms with Gasteiger partial charge in [-0.15, -0.1) is 0 Å². The second-order valence-electron chi connectivity index (χ2n) is 5.27. The zero-order valence-corrected chi connectivity index (χ0v) is 11.5. The number of aliphatic carboxylic acids is 1. The van der Waals surface area contributed by atoms with Crippen molar-refractivity contribution >= 4 is 12.0 Å². The number of carboxylic acid groups (broad SMARTS) is 1. The van der Waals surface area contributed by atoms with Gasteiger partial charge in [0.05, 0.1) is 25.0 Å². The number of furan rings is 1. The van der Waals surface area contributed by atoms with E-state index in [2.05, 4.69) is 5.32 Å². The molecule has 1 aromatic rings. The minimum atomic E-state index is -0.826. The minimum absolute atomic E-state index is 0.246. The Labute approximate surface area is 117 Å². The van der Waals surface area contributed by atoms with Crippen LogP contribution in [-0.2, 0) is 11.3 Å². The molecule has 0 spiro atoms. The molecule has 0 aromatic carbocycles. The van der Waals surface area contributed by atoms with Gasteiger partial charge in [0.15, 0.2) is 0 Å². The number of amides is 2. The molecule has 6 heteroatoms. The minimum Gasteiger partial charge on any atom is -0.481 e. The van der Waals surface area contributed by atoms with Crippen LogP contribution in [-0.4, -0.2) is 35.1 Å². The Bertz CT molecular complexity index is 458. The smallest absolute Gasteiger partial charge is 0.317 e. The lowest BCUT2D eigenvalue weighted by Gasteiger charge is -2.30. The van der Waals surface area contributed by atoms with E-state index in [0.717, 1.165) is 24.8 Å². The summed E-state index contributed by atoms with van der Waals surface area (Å²) >= 11 is 0. The van der Waals surface area contributed by atoms with Crippen LogP contribution >= 0.6 is 0 Å². The Hall–Kier alpha value is -1.98. The van der Waals surface area contributed by atoms with Gasteiger partial charge in [0.25, 0.3) is 0 Å². The highest BCUT2D eigenvalue weighted by Crippen LogP contribution is 2.24. The summed E-state index contributed by atoms with van der Waals surface area (Å²) in [6.45, 7) is 0.437. The lowest BCUT2D eigenvalue weighted by atomic mass is 9.84. The van der Waals surface area contributed by atoms with Crippen LogP contribution in [0.25, 0.3) is 0 Å². The molecule has 1 aromatic heterocycles. The first-order chi connectivity index (χ1) is 9.58. The van der Waals surface area contributed by atoms with Crippen molar-refractivity contribution in [3.63, 3.8) is 0 Å². The van der Waals surface area contributed by atoms with Gasteiger partial charge in [0, 0.05) is 18.7 Å². The Morgan fingerprint density at radius 2 is 2.20 bits per heavy atom. The molecule has 1 heterocycles. The van der Waals surface area contributed by atoms with Crippen LogP contribution in [0.2, 0.25) is 0 Å². The highest BCUT2D eigenvalue weighted by molar-refractivity contribution is 5.76. The molecule has 2 unspecified atom stereocenters. The fourth-order valence-electron chi connectivity index (χ4n) is 2.60. The summed E-state index contributed by atoms with van der Waals surface area (Å²) in [4.78, 5) is 24.8. The number of hydrogen-bond acceptors (Lipinski definition) is 3. The molecule has 1 fully saturated rings. The zero-order chi connectivity index (χ0) is 14.5. The van der Waals surface area contributed by atoms with Crippen LogP contribution < -0.4 is 5.32 Å². The van der Waals surface area contributed by atoms with Crippen LogP contribution in [0.1, 0.15) is 31.2 Å². The number of carboxylic acids is 1. The van der Waals surface area contributed by atoms with E-state index >= 15 is 0 Å². The molecule has 0 saturated heterocycles. The monoisotopic (exact) mass is 280 g/mol. The lowest BCUT2D eigenvalue weighted by molar-refractivity contribution is -0.143. The van der Waals surface area contributed by atoms with E-state index in [1.165, 1.54) is 4.90 Å². The largest absolute Gasteiger partial charge is 0.481 e. The molecule has 1 saturated carbocycles. The van der Waals surface area contributed by atoms with Crippen LogP contribution in [0.5, 0.6) is 0 Å². The summed E-state index contributed by atoms with van der Waals surface area (Å²) in [5, 5.41) is 12.0. The molecule has 2 rings (SSSR count). The summed E-state index contributed by atoms with van der Waals surface area (Å²) in [6, 6.07) is 1.27. The number of urea groups is 1. The fraction of sp³-hybridized carbons (Fsp3) is 0.571. The quantitative estimate of drug-likeness (QED) is 0.884. The maximum atomic E-state index is 12.1. The fourth-order valence-corrected chi connectivity index (χ4v) is 2.60. The molecular weight excluding hydrogens is 260 g/mol. The predicted molar refractivity (Wildman–Crippen MR) is 72.1 cm³/mol. The molecule has 1 aliphatic carbocycles. The van der Waals surface area contributed by atoms with Gasteiger partial charge in [-0.3, -0.25) is 4.79 Å². The Morgan fingerprint density at radius 1 is 1.45 bits per heavy atom. The van der Waals surface area contributed by atoms with Crippen LogP contribution in [0.15, 0.2) is 23.0 Å². The molecule has 0 bridgehead atoms. The maximum Gasteiger partial charge on any atom is 0.317 e. The molecule has 1 aliphatic rings. The Balaban J connectivity index is 1.90. The summed E-state index contributed by atoms with van der Waals surface area (Å²) in [6.07, 6.45) is 6.37. The summed E-state index contributed by atoms with van der Waals surface area (Å²) in [7, 11) is 1.68. The van der Waals surface area contributed by atoms with E-state index in [-0.39, 0.29) is 12.1 Å². The first-order valence-corrected chi connectivity index (χ1v) is 6.83. The molecule has 20 heavy (non-hydrogen) atoms. The maximum absolute atomic E-state index is 12.1. The second kappa shape index (κ2) is 6.45. The number of carbonyl (C=O) groups excluding carboxylic acids is 1. The molecule has 6 nitrogen and oxygen atoms in total. The highest BCUT2D eigenvalue weighted by atomic mass is 16.4. The van der Waals surface area contributed by atoms with Crippen LogP contribution in [0.3, 0.4) is 0 Å². The van der Waals surface area contributed by atoms with Crippen molar-refractivity contribution in [2.75, 3.05) is 7.05 Å². The Morgan fingerprint density at radius 3 is 2.85 bits per heavy atom. The first kappa shape index (κ1) is 14.4. The third-order valence-electron chi connectivity index (χ3n) is 3.74. The molecular formula is C14H20N2O4. The molecule has 110 valence electrons. The normalized spacial score (nSPS) is 22.2. The topological polar surface area (TPSA) is 82.8 Å². The third kappa shape index (κ3) is 3.53. The SMILES string of the molecule is CN(Cc1ccoc1)C(=O)NC1CCCCC1C(=O)O. The van der Waals surface area contributed by atoms with Crippen molar-refractivity contribution in [1.82, 2.24) is 10.2 Å². The predicted octanol–water partition coefficient (Wildman–Crippen LogP) is 2.06. The zero-order valence-electron chi connectivity index (χ0n) is 11.5. The van der Waals surface area contributed by atoms with Gasteiger partial charge in [-0.2, -0.15) is 0 Å². The summed E-state index contributed by atoms with van der Waals surface area (Å²) < 4.78 is 4.96. The number of nitrogens with one attached hydrogen (secondary N) is 1. The first-order valence-electron chi connectivity index (χ1n) is 6.83. The van der Waals surface area contributed by atoms with Gasteiger partial charge in [-0.1, -0.05) is 12.8 Å². The van der Waals surface area contributed by atoms with Crippen LogP contribution in [0, 0.1) is 5.92 Å². The van der Waals surface area contributed by atoms with Gasteiger partial charge in [0.1, 0.15) is 0 Å². The van der Waals surface area contributed by atoms with Crippen molar-refractivity contribution in [2.24, 2.45) is 5.92 Å².